The van der Waals surface area contributed by atoms with Crippen molar-refractivity contribution in [2.45, 2.75) is 6.92 Å². The van der Waals surface area contributed by atoms with E-state index in [9.17, 15) is 14.0 Å². The lowest BCUT2D eigenvalue weighted by Gasteiger charge is -2.11. The van der Waals surface area contributed by atoms with E-state index < -0.39 is 24.3 Å². The van der Waals surface area contributed by atoms with Crippen molar-refractivity contribution in [2.75, 3.05) is 18.5 Å². The van der Waals surface area contributed by atoms with Gasteiger partial charge in [-0.25, -0.2) is 9.18 Å². The predicted molar refractivity (Wildman–Crippen MR) is 87.6 cm³/mol. The third-order valence-electron chi connectivity index (χ3n) is 3.11. The van der Waals surface area contributed by atoms with Gasteiger partial charge in [-0.05, 0) is 37.3 Å². The van der Waals surface area contributed by atoms with E-state index in [0.29, 0.717) is 18.0 Å². The summed E-state index contributed by atoms with van der Waals surface area (Å²) in [6, 6.07) is 11.9. The average molecular weight is 342 g/mol. The molecule has 0 aliphatic heterocycles. The lowest BCUT2D eigenvalue weighted by Crippen LogP contribution is -2.21. The summed E-state index contributed by atoms with van der Waals surface area (Å²) in [7, 11) is 0. The summed E-state index contributed by atoms with van der Waals surface area (Å²) in [5, 5.41) is 11.2. The van der Waals surface area contributed by atoms with Gasteiger partial charge in [-0.15, -0.1) is 0 Å². The number of nitriles is 1. The van der Waals surface area contributed by atoms with E-state index in [4.69, 9.17) is 14.7 Å². The molecule has 0 atom stereocenters. The number of nitrogens with one attached hydrogen (secondary N) is 1. The predicted octanol–water partition coefficient (Wildman–Crippen LogP) is 2.89. The zero-order valence-corrected chi connectivity index (χ0v) is 13.4. The first kappa shape index (κ1) is 17.9. The molecule has 6 nitrogen and oxygen atoms in total. The SMILES string of the molecule is CCOc1ccccc1NC(=O)COC(=O)c1ccc(C#N)cc1F. The van der Waals surface area contributed by atoms with Gasteiger partial charge in [0.25, 0.3) is 5.91 Å². The second-order valence-electron chi connectivity index (χ2n) is 4.86. The number of halogens is 1. The summed E-state index contributed by atoms with van der Waals surface area (Å²) in [6.07, 6.45) is 0. The highest BCUT2D eigenvalue weighted by Gasteiger charge is 2.16. The number of hydrogen-bond donors (Lipinski definition) is 1. The minimum absolute atomic E-state index is 0.0827. The highest BCUT2D eigenvalue weighted by molar-refractivity contribution is 5.96. The maximum absolute atomic E-state index is 13.7. The van der Waals surface area contributed by atoms with Gasteiger partial charge >= 0.3 is 5.97 Å². The average Bonchev–Trinajstić information content (AvgIpc) is 2.61. The summed E-state index contributed by atoms with van der Waals surface area (Å²) in [5.74, 6) is -1.97. The van der Waals surface area contributed by atoms with Gasteiger partial charge in [0.15, 0.2) is 6.61 Å². The quantitative estimate of drug-likeness (QED) is 0.816. The highest BCUT2D eigenvalue weighted by atomic mass is 19.1. The Morgan fingerprint density at radius 1 is 1.24 bits per heavy atom. The molecule has 1 amide bonds. The topological polar surface area (TPSA) is 88.4 Å². The van der Waals surface area contributed by atoms with E-state index in [1.807, 2.05) is 6.92 Å². The van der Waals surface area contributed by atoms with E-state index in [1.165, 1.54) is 6.07 Å². The minimum atomic E-state index is -0.991. The molecular formula is C18H15FN2O4. The molecule has 0 unspecified atom stereocenters. The van der Waals surface area contributed by atoms with Crippen molar-refractivity contribution in [1.29, 1.82) is 5.26 Å². The first-order valence-electron chi connectivity index (χ1n) is 7.43. The normalized spacial score (nSPS) is 9.80. The zero-order valence-electron chi connectivity index (χ0n) is 13.4. The van der Waals surface area contributed by atoms with Crippen LogP contribution in [0.5, 0.6) is 5.75 Å². The van der Waals surface area contributed by atoms with Crippen LogP contribution in [0.1, 0.15) is 22.8 Å². The lowest BCUT2D eigenvalue weighted by atomic mass is 10.1. The van der Waals surface area contributed by atoms with Crippen LogP contribution in [-0.4, -0.2) is 25.1 Å². The van der Waals surface area contributed by atoms with Crippen LogP contribution >= 0.6 is 0 Å². The van der Waals surface area contributed by atoms with Gasteiger partial charge in [0.2, 0.25) is 0 Å². The fourth-order valence-corrected chi connectivity index (χ4v) is 2.00. The van der Waals surface area contributed by atoms with Crippen LogP contribution in [-0.2, 0) is 9.53 Å². The lowest BCUT2D eigenvalue weighted by molar-refractivity contribution is -0.119. The number of para-hydroxylation sites is 2. The van der Waals surface area contributed by atoms with Crippen LogP contribution in [0.25, 0.3) is 0 Å². The van der Waals surface area contributed by atoms with E-state index in [0.717, 1.165) is 12.1 Å². The molecule has 2 aromatic carbocycles. The van der Waals surface area contributed by atoms with Crippen molar-refractivity contribution < 1.29 is 23.5 Å². The van der Waals surface area contributed by atoms with Gasteiger partial charge in [-0.3, -0.25) is 4.79 Å². The summed E-state index contributed by atoms with van der Waals surface area (Å²) < 4.78 is 23.9. The number of nitrogens with zero attached hydrogens (tertiary/aromatic N) is 1. The number of rotatable bonds is 6. The number of ether oxygens (including phenoxy) is 2. The number of anilines is 1. The van der Waals surface area contributed by atoms with Crippen LogP contribution in [0, 0.1) is 17.1 Å². The van der Waals surface area contributed by atoms with E-state index in [2.05, 4.69) is 5.32 Å². The Morgan fingerprint density at radius 2 is 2.00 bits per heavy atom. The van der Waals surface area contributed by atoms with Gasteiger partial charge in [-0.1, -0.05) is 12.1 Å². The van der Waals surface area contributed by atoms with Crippen LogP contribution in [0.3, 0.4) is 0 Å². The van der Waals surface area contributed by atoms with E-state index in [-0.39, 0.29) is 11.1 Å². The van der Waals surface area contributed by atoms with Crippen molar-refractivity contribution in [1.82, 2.24) is 0 Å². The van der Waals surface area contributed by atoms with Gasteiger partial charge in [-0.2, -0.15) is 5.26 Å². The molecule has 0 aromatic heterocycles. The van der Waals surface area contributed by atoms with Crippen LogP contribution in [0.15, 0.2) is 42.5 Å². The Labute approximate surface area is 143 Å². The number of esters is 1. The zero-order chi connectivity index (χ0) is 18.2. The Morgan fingerprint density at radius 3 is 2.68 bits per heavy atom. The van der Waals surface area contributed by atoms with Crippen LogP contribution < -0.4 is 10.1 Å². The fourth-order valence-electron chi connectivity index (χ4n) is 2.00. The molecule has 2 aromatic rings. The molecule has 128 valence electrons. The molecule has 2 rings (SSSR count). The largest absolute Gasteiger partial charge is 0.492 e. The molecule has 0 fully saturated rings. The third-order valence-corrected chi connectivity index (χ3v) is 3.11. The molecule has 0 aliphatic rings. The summed E-state index contributed by atoms with van der Waals surface area (Å²) in [4.78, 5) is 23.8. The van der Waals surface area contributed by atoms with Crippen LogP contribution in [0.2, 0.25) is 0 Å². The number of carbonyl (C=O) groups is 2. The van der Waals surface area contributed by atoms with Gasteiger partial charge in [0.1, 0.15) is 11.6 Å². The fraction of sp³-hybridized carbons (Fsp3) is 0.167. The van der Waals surface area contributed by atoms with Crippen molar-refractivity contribution >= 4 is 17.6 Å². The van der Waals surface area contributed by atoms with E-state index >= 15 is 0 Å². The summed E-state index contributed by atoms with van der Waals surface area (Å²) >= 11 is 0. The molecule has 1 N–H and O–H groups in total. The third kappa shape index (κ3) is 4.78. The Hall–Kier alpha value is -3.40. The summed E-state index contributed by atoms with van der Waals surface area (Å²) in [5.41, 5.74) is 0.177. The van der Waals surface area contributed by atoms with Gasteiger partial charge < -0.3 is 14.8 Å². The van der Waals surface area contributed by atoms with Crippen molar-refractivity contribution in [2.24, 2.45) is 0 Å². The second kappa shape index (κ2) is 8.45. The molecule has 0 heterocycles. The Bertz CT molecular complexity index is 830. The van der Waals surface area contributed by atoms with Crippen molar-refractivity contribution in [3.8, 4) is 11.8 Å². The molecular weight excluding hydrogens is 327 g/mol. The van der Waals surface area contributed by atoms with Crippen LogP contribution in [0.4, 0.5) is 10.1 Å². The van der Waals surface area contributed by atoms with Gasteiger partial charge in [0, 0.05) is 0 Å². The maximum atomic E-state index is 13.7. The molecule has 25 heavy (non-hydrogen) atoms. The number of benzene rings is 2. The van der Waals surface area contributed by atoms with E-state index in [1.54, 1.807) is 30.3 Å². The molecule has 0 aliphatic carbocycles. The number of carbonyl (C=O) groups excluding carboxylic acids is 2. The summed E-state index contributed by atoms with van der Waals surface area (Å²) in [6.45, 7) is 1.66. The Kier molecular flexibility index (Phi) is 6.07. The highest BCUT2D eigenvalue weighted by Crippen LogP contribution is 2.23. The maximum Gasteiger partial charge on any atom is 0.341 e. The monoisotopic (exact) mass is 342 g/mol. The minimum Gasteiger partial charge on any atom is -0.492 e. The Balaban J connectivity index is 1.96. The number of hydrogen-bond acceptors (Lipinski definition) is 5. The first-order chi connectivity index (χ1) is 12.0. The first-order valence-corrected chi connectivity index (χ1v) is 7.43. The molecule has 0 bridgehead atoms. The standard InChI is InChI=1S/C18H15FN2O4/c1-2-24-16-6-4-3-5-15(16)21-17(22)11-25-18(23)13-8-7-12(10-20)9-14(13)19/h3-9H,2,11H2,1H3,(H,21,22). The van der Waals surface area contributed by atoms with Crippen molar-refractivity contribution in [3.05, 3.63) is 59.4 Å². The smallest absolute Gasteiger partial charge is 0.341 e. The second-order valence-corrected chi connectivity index (χ2v) is 4.86. The number of amides is 1. The molecule has 0 spiro atoms. The van der Waals surface area contributed by atoms with Crippen molar-refractivity contribution in [3.63, 3.8) is 0 Å². The molecule has 7 heteroatoms. The molecule has 0 saturated heterocycles. The van der Waals surface area contributed by atoms with Gasteiger partial charge in [0.05, 0.1) is 29.5 Å². The molecule has 0 saturated carbocycles. The molecule has 0 radical (unpaired) electrons.